The lowest BCUT2D eigenvalue weighted by Crippen LogP contribution is -2.56. The number of aryl methyl sites for hydroxylation is 2. The lowest BCUT2D eigenvalue weighted by Gasteiger charge is -2.35. The molecule has 0 aliphatic rings. The van der Waals surface area contributed by atoms with Crippen molar-refractivity contribution < 1.29 is 18.0 Å². The van der Waals surface area contributed by atoms with Crippen molar-refractivity contribution in [3.8, 4) is 0 Å². The highest BCUT2D eigenvalue weighted by Crippen LogP contribution is 2.29. The Balaban J connectivity index is 1.84. The van der Waals surface area contributed by atoms with Crippen LogP contribution >= 0.6 is 11.6 Å². The van der Waals surface area contributed by atoms with Gasteiger partial charge in [-0.2, -0.15) is 0 Å². The quantitative estimate of drug-likeness (QED) is 0.188. The predicted octanol–water partition coefficient (Wildman–Crippen LogP) is 7.02. The van der Waals surface area contributed by atoms with Crippen LogP contribution in [0.2, 0.25) is 5.02 Å². The van der Waals surface area contributed by atoms with Gasteiger partial charge >= 0.3 is 0 Å². The predicted molar refractivity (Wildman–Crippen MR) is 185 cm³/mol. The van der Waals surface area contributed by atoms with E-state index < -0.39 is 34.1 Å². The summed E-state index contributed by atoms with van der Waals surface area (Å²) in [5.74, 6) is -0.852. The van der Waals surface area contributed by atoms with Gasteiger partial charge in [-0.3, -0.25) is 13.9 Å². The van der Waals surface area contributed by atoms with Gasteiger partial charge in [0.25, 0.3) is 10.0 Å². The molecule has 0 saturated carbocycles. The third-order valence-electron chi connectivity index (χ3n) is 7.77. The highest BCUT2D eigenvalue weighted by molar-refractivity contribution is 7.92. The van der Waals surface area contributed by atoms with Crippen molar-refractivity contribution in [1.29, 1.82) is 0 Å². The lowest BCUT2D eigenvalue weighted by molar-refractivity contribution is -0.140. The summed E-state index contributed by atoms with van der Waals surface area (Å²) in [4.78, 5) is 30.2. The van der Waals surface area contributed by atoms with Gasteiger partial charge in [-0.1, -0.05) is 83.9 Å². The van der Waals surface area contributed by atoms with Crippen molar-refractivity contribution in [2.45, 2.75) is 71.0 Å². The van der Waals surface area contributed by atoms with Gasteiger partial charge in [0.2, 0.25) is 11.8 Å². The zero-order valence-electron chi connectivity index (χ0n) is 27.2. The van der Waals surface area contributed by atoms with Gasteiger partial charge in [-0.15, -0.1) is 0 Å². The molecule has 0 saturated heterocycles. The lowest BCUT2D eigenvalue weighted by atomic mass is 10.0. The Hall–Kier alpha value is -4.14. The molecule has 0 fully saturated rings. The van der Waals surface area contributed by atoms with Crippen LogP contribution in [0.5, 0.6) is 0 Å². The second-order valence-electron chi connectivity index (χ2n) is 12.6. The monoisotopic (exact) mass is 659 g/mol. The summed E-state index contributed by atoms with van der Waals surface area (Å²) in [5, 5.41) is 3.59. The molecule has 0 bridgehead atoms. The van der Waals surface area contributed by atoms with E-state index in [-0.39, 0.29) is 23.8 Å². The van der Waals surface area contributed by atoms with Crippen LogP contribution in [0.1, 0.15) is 48.6 Å². The van der Waals surface area contributed by atoms with E-state index in [1.54, 1.807) is 60.7 Å². The van der Waals surface area contributed by atoms with Crippen LogP contribution in [-0.4, -0.2) is 43.3 Å². The summed E-state index contributed by atoms with van der Waals surface area (Å²) in [6.45, 7) is 10.8. The number of sulfonamides is 1. The van der Waals surface area contributed by atoms with Gasteiger partial charge in [-0.05, 0) is 94.1 Å². The van der Waals surface area contributed by atoms with Crippen molar-refractivity contribution in [3.05, 3.63) is 130 Å². The summed E-state index contributed by atoms with van der Waals surface area (Å²) in [6, 6.07) is 27.5. The number of hydrogen-bond acceptors (Lipinski definition) is 4. The second kappa shape index (κ2) is 14.5. The number of nitrogens with one attached hydrogen (secondary N) is 1. The molecule has 0 heterocycles. The van der Waals surface area contributed by atoms with Crippen molar-refractivity contribution >= 4 is 39.1 Å². The summed E-state index contributed by atoms with van der Waals surface area (Å²) in [7, 11) is -4.18. The fourth-order valence-electron chi connectivity index (χ4n) is 5.15. The van der Waals surface area contributed by atoms with Gasteiger partial charge in [0.05, 0.1) is 10.6 Å². The van der Waals surface area contributed by atoms with E-state index in [4.69, 9.17) is 11.6 Å². The normalized spacial score (nSPS) is 12.3. The maximum absolute atomic E-state index is 14.6. The van der Waals surface area contributed by atoms with Gasteiger partial charge < -0.3 is 10.2 Å². The largest absolute Gasteiger partial charge is 0.350 e. The van der Waals surface area contributed by atoms with Crippen LogP contribution in [0, 0.1) is 20.8 Å². The summed E-state index contributed by atoms with van der Waals surface area (Å²) in [5.41, 5.74) is 3.99. The maximum Gasteiger partial charge on any atom is 0.264 e. The topological polar surface area (TPSA) is 86.8 Å². The van der Waals surface area contributed by atoms with Gasteiger partial charge in [0.15, 0.2) is 0 Å². The van der Waals surface area contributed by atoms with Gasteiger partial charge in [0.1, 0.15) is 12.6 Å². The average molecular weight is 660 g/mol. The third kappa shape index (κ3) is 8.77. The molecule has 1 N–H and O–H groups in total. The number of nitrogens with zero attached hydrogens (tertiary/aromatic N) is 2. The molecule has 46 heavy (non-hydrogen) atoms. The highest BCUT2D eigenvalue weighted by atomic mass is 35.5. The number of carbonyl (C=O) groups is 2. The molecule has 0 aliphatic carbocycles. The van der Waals surface area contributed by atoms with E-state index in [2.05, 4.69) is 5.32 Å². The number of halogens is 1. The zero-order valence-corrected chi connectivity index (χ0v) is 28.8. The molecule has 0 radical (unpaired) electrons. The molecule has 4 aromatic rings. The minimum absolute atomic E-state index is 0.0658. The number of anilines is 1. The molecule has 9 heteroatoms. The Kier molecular flexibility index (Phi) is 11.0. The number of amides is 2. The fourth-order valence-corrected chi connectivity index (χ4v) is 6.75. The van der Waals surface area contributed by atoms with Crippen molar-refractivity contribution in [2.75, 3.05) is 10.8 Å². The number of hydrogen-bond donors (Lipinski definition) is 1. The molecule has 242 valence electrons. The van der Waals surface area contributed by atoms with E-state index >= 15 is 0 Å². The summed E-state index contributed by atoms with van der Waals surface area (Å²) < 4.78 is 29.8. The number of carbonyl (C=O) groups excluding carboxylic acids is 2. The Bertz CT molecular complexity index is 1770. The Morgan fingerprint density at radius 1 is 0.804 bits per heavy atom. The average Bonchev–Trinajstić information content (AvgIpc) is 3.00. The Labute approximate surface area is 278 Å². The molecule has 0 unspecified atom stereocenters. The van der Waals surface area contributed by atoms with Gasteiger partial charge in [0, 0.05) is 23.5 Å². The van der Waals surface area contributed by atoms with Crippen molar-refractivity contribution in [2.24, 2.45) is 0 Å². The maximum atomic E-state index is 14.6. The van der Waals surface area contributed by atoms with E-state index in [9.17, 15) is 18.0 Å². The van der Waals surface area contributed by atoms with E-state index in [1.165, 1.54) is 9.21 Å². The van der Waals surface area contributed by atoms with E-state index in [1.807, 2.05) is 77.9 Å². The third-order valence-corrected chi connectivity index (χ3v) is 9.79. The molecular weight excluding hydrogens is 618 g/mol. The molecule has 0 aromatic heterocycles. The molecular formula is C37H42ClN3O4S. The highest BCUT2D eigenvalue weighted by Gasteiger charge is 2.36. The van der Waals surface area contributed by atoms with Crippen LogP contribution in [0.4, 0.5) is 5.69 Å². The Morgan fingerprint density at radius 2 is 1.43 bits per heavy atom. The molecule has 4 aromatic carbocycles. The van der Waals surface area contributed by atoms with Crippen molar-refractivity contribution in [3.63, 3.8) is 0 Å². The fraction of sp³-hybridized carbons (Fsp3) is 0.297. The summed E-state index contributed by atoms with van der Waals surface area (Å²) in [6.07, 6.45) is 0.232. The molecule has 0 spiro atoms. The minimum atomic E-state index is -4.18. The smallest absolute Gasteiger partial charge is 0.264 e. The van der Waals surface area contributed by atoms with Crippen LogP contribution in [-0.2, 0) is 32.6 Å². The van der Waals surface area contributed by atoms with Crippen LogP contribution < -0.4 is 9.62 Å². The van der Waals surface area contributed by atoms with Crippen LogP contribution in [0.15, 0.2) is 102 Å². The van der Waals surface area contributed by atoms with Gasteiger partial charge in [-0.25, -0.2) is 8.42 Å². The van der Waals surface area contributed by atoms with E-state index in [0.717, 1.165) is 27.8 Å². The first-order chi connectivity index (χ1) is 21.7. The summed E-state index contributed by atoms with van der Waals surface area (Å²) >= 11 is 6.17. The molecule has 0 aliphatic heterocycles. The van der Waals surface area contributed by atoms with Crippen LogP contribution in [0.3, 0.4) is 0 Å². The molecule has 2 amide bonds. The molecule has 7 nitrogen and oxygen atoms in total. The second-order valence-corrected chi connectivity index (χ2v) is 14.9. The Morgan fingerprint density at radius 3 is 2.04 bits per heavy atom. The molecule has 1 atom stereocenters. The minimum Gasteiger partial charge on any atom is -0.350 e. The first-order valence-electron chi connectivity index (χ1n) is 15.2. The SMILES string of the molecule is Cc1ccc(S(=O)(=O)N(CC(=O)N(Cc2ccc(Cl)cc2)[C@@H](Cc2ccccc2)C(=O)NC(C)(C)C)c2cccc(C)c2C)cc1. The number of rotatable bonds is 11. The zero-order chi connectivity index (χ0) is 33.6. The first-order valence-corrected chi connectivity index (χ1v) is 17.0. The standard InChI is InChI=1S/C37H42ClN3O4S/c1-26-15-21-32(22-16-26)46(44,45)41(33-14-10-11-27(2)28(33)3)25-35(42)40(24-30-17-19-31(38)20-18-30)34(36(43)39-37(4,5)6)23-29-12-8-7-9-13-29/h7-22,34H,23-25H2,1-6H3,(H,39,43)/t34-/m0/s1. The first kappa shape index (κ1) is 34.7. The van der Waals surface area contributed by atoms with Crippen LogP contribution in [0.25, 0.3) is 0 Å². The molecule has 4 rings (SSSR count). The van der Waals surface area contributed by atoms with Crippen molar-refractivity contribution in [1.82, 2.24) is 10.2 Å². The van der Waals surface area contributed by atoms with E-state index in [0.29, 0.717) is 10.7 Å². The number of benzene rings is 4.